The van der Waals surface area contributed by atoms with Gasteiger partial charge in [0.25, 0.3) is 0 Å². The summed E-state index contributed by atoms with van der Waals surface area (Å²) in [4.78, 5) is 5.85. The van der Waals surface area contributed by atoms with Crippen LogP contribution in [0.1, 0.15) is 15.1 Å². The highest BCUT2D eigenvalue weighted by Gasteiger charge is 2.19. The Labute approximate surface area is 97.3 Å². The van der Waals surface area contributed by atoms with Gasteiger partial charge in [-0.1, -0.05) is 0 Å². The van der Waals surface area contributed by atoms with Crippen molar-refractivity contribution in [1.82, 2.24) is 10.3 Å². The van der Waals surface area contributed by atoms with Gasteiger partial charge in [-0.15, -0.1) is 23.1 Å². The van der Waals surface area contributed by atoms with Gasteiger partial charge in [0.1, 0.15) is 5.01 Å². The van der Waals surface area contributed by atoms with Crippen molar-refractivity contribution in [3.8, 4) is 0 Å². The molecular weight excluding hydrogens is 232 g/mol. The molecular formula is C9H14N2S3. The molecule has 1 fully saturated rings. The maximum Gasteiger partial charge on any atom is 0.107 e. The van der Waals surface area contributed by atoms with Gasteiger partial charge < -0.3 is 5.32 Å². The molecule has 2 heterocycles. The lowest BCUT2D eigenvalue weighted by molar-refractivity contribution is 0.829. The smallest absolute Gasteiger partial charge is 0.107 e. The van der Waals surface area contributed by atoms with Gasteiger partial charge in [-0.3, -0.25) is 0 Å². The van der Waals surface area contributed by atoms with Gasteiger partial charge in [-0.2, -0.15) is 11.8 Å². The van der Waals surface area contributed by atoms with E-state index in [9.17, 15) is 0 Å². The molecule has 1 saturated heterocycles. The summed E-state index contributed by atoms with van der Waals surface area (Å²) in [6, 6.07) is 0. The quantitative estimate of drug-likeness (QED) is 0.885. The van der Waals surface area contributed by atoms with Gasteiger partial charge in [0.05, 0.1) is 5.25 Å². The van der Waals surface area contributed by atoms with Gasteiger partial charge >= 0.3 is 0 Å². The maximum absolute atomic E-state index is 4.50. The fourth-order valence-electron chi connectivity index (χ4n) is 1.36. The van der Waals surface area contributed by atoms with E-state index in [1.54, 1.807) is 0 Å². The number of thioether (sulfide) groups is 2. The fraction of sp³-hybridized carbons (Fsp3) is 0.667. The highest BCUT2D eigenvalue weighted by atomic mass is 32.2. The molecule has 1 aromatic rings. The first kappa shape index (κ1) is 10.8. The summed E-state index contributed by atoms with van der Waals surface area (Å²) in [5.74, 6) is 3.81. The molecule has 5 heteroatoms. The van der Waals surface area contributed by atoms with Crippen LogP contribution in [0.2, 0.25) is 0 Å². The Hall–Kier alpha value is 0.290. The standard InChI is InChI=1S/C9H14N2S3/c1-10-4-7-5-11-9(14-7)8-6-12-2-3-13-8/h5,8,10H,2-4,6H2,1H3. The SMILES string of the molecule is CNCc1cnc(C2CSCCS2)s1. The maximum atomic E-state index is 4.50. The molecule has 1 N–H and O–H groups in total. The molecule has 0 radical (unpaired) electrons. The third-order valence-electron chi connectivity index (χ3n) is 2.01. The molecule has 0 saturated carbocycles. The molecule has 0 spiro atoms. The zero-order chi connectivity index (χ0) is 9.80. The highest BCUT2D eigenvalue weighted by molar-refractivity contribution is 8.06. The Bertz CT molecular complexity index is 281. The summed E-state index contributed by atoms with van der Waals surface area (Å²) in [6.45, 7) is 0.947. The second-order valence-electron chi connectivity index (χ2n) is 3.13. The van der Waals surface area contributed by atoms with Crippen LogP contribution >= 0.6 is 34.9 Å². The minimum atomic E-state index is 0.643. The number of hydrogen-bond acceptors (Lipinski definition) is 5. The second kappa shape index (κ2) is 5.39. The summed E-state index contributed by atoms with van der Waals surface area (Å²) in [6.07, 6.45) is 2.01. The van der Waals surface area contributed by atoms with Crippen LogP contribution in [0, 0.1) is 0 Å². The second-order valence-corrected chi connectivity index (χ2v) is 6.74. The molecule has 1 aromatic heterocycles. The fourth-order valence-corrected chi connectivity index (χ4v) is 5.28. The largest absolute Gasteiger partial charge is 0.315 e. The monoisotopic (exact) mass is 246 g/mol. The first-order chi connectivity index (χ1) is 6.90. The molecule has 78 valence electrons. The zero-order valence-electron chi connectivity index (χ0n) is 8.16. The van der Waals surface area contributed by atoms with E-state index in [2.05, 4.69) is 33.8 Å². The van der Waals surface area contributed by atoms with Crippen molar-refractivity contribution >= 4 is 34.9 Å². The van der Waals surface area contributed by atoms with Gasteiger partial charge in [-0.25, -0.2) is 4.98 Å². The normalized spacial score (nSPS) is 22.5. The summed E-state index contributed by atoms with van der Waals surface area (Å²) in [5.41, 5.74) is 0. The summed E-state index contributed by atoms with van der Waals surface area (Å²) < 4.78 is 0. The van der Waals surface area contributed by atoms with E-state index in [4.69, 9.17) is 0 Å². The van der Waals surface area contributed by atoms with Crippen LogP contribution in [-0.2, 0) is 6.54 Å². The van der Waals surface area contributed by atoms with Crippen LogP contribution in [0.4, 0.5) is 0 Å². The number of aromatic nitrogens is 1. The molecule has 2 rings (SSSR count). The molecule has 0 amide bonds. The van der Waals surface area contributed by atoms with E-state index in [0.717, 1.165) is 6.54 Å². The van der Waals surface area contributed by atoms with Gasteiger partial charge in [0, 0.05) is 34.9 Å². The van der Waals surface area contributed by atoms with Crippen molar-refractivity contribution in [1.29, 1.82) is 0 Å². The van der Waals surface area contributed by atoms with E-state index in [1.165, 1.54) is 27.1 Å². The van der Waals surface area contributed by atoms with Crippen LogP contribution in [-0.4, -0.2) is 29.3 Å². The van der Waals surface area contributed by atoms with Gasteiger partial charge in [0.15, 0.2) is 0 Å². The molecule has 1 aliphatic rings. The third kappa shape index (κ3) is 2.66. The first-order valence-electron chi connectivity index (χ1n) is 4.68. The minimum Gasteiger partial charge on any atom is -0.315 e. The van der Waals surface area contributed by atoms with Crippen molar-refractivity contribution in [2.24, 2.45) is 0 Å². The number of rotatable bonds is 3. The number of nitrogens with zero attached hydrogens (tertiary/aromatic N) is 1. The van der Waals surface area contributed by atoms with Crippen molar-refractivity contribution in [3.63, 3.8) is 0 Å². The number of nitrogens with one attached hydrogen (secondary N) is 1. The lowest BCUT2D eigenvalue weighted by Crippen LogP contribution is -2.05. The summed E-state index contributed by atoms with van der Waals surface area (Å²) in [7, 11) is 1.98. The van der Waals surface area contributed by atoms with Crippen LogP contribution in [0.15, 0.2) is 6.20 Å². The molecule has 0 bridgehead atoms. The molecule has 14 heavy (non-hydrogen) atoms. The van der Waals surface area contributed by atoms with E-state index >= 15 is 0 Å². The average Bonchev–Trinajstić information content (AvgIpc) is 2.68. The Morgan fingerprint density at radius 1 is 1.57 bits per heavy atom. The predicted molar refractivity (Wildman–Crippen MR) is 67.4 cm³/mol. The Balaban J connectivity index is 2.00. The molecule has 1 unspecified atom stereocenters. The lowest BCUT2D eigenvalue weighted by Gasteiger charge is -2.18. The van der Waals surface area contributed by atoms with Gasteiger partial charge in [0.2, 0.25) is 0 Å². The van der Waals surface area contributed by atoms with Crippen molar-refractivity contribution < 1.29 is 0 Å². The molecule has 1 aliphatic heterocycles. The van der Waals surface area contributed by atoms with E-state index in [0.29, 0.717) is 5.25 Å². The third-order valence-corrected chi connectivity index (χ3v) is 6.04. The lowest BCUT2D eigenvalue weighted by atomic mass is 10.5. The number of hydrogen-bond donors (Lipinski definition) is 1. The molecule has 0 aliphatic carbocycles. The Morgan fingerprint density at radius 3 is 3.21 bits per heavy atom. The van der Waals surface area contributed by atoms with Gasteiger partial charge in [-0.05, 0) is 7.05 Å². The van der Waals surface area contributed by atoms with Crippen molar-refractivity contribution in [2.45, 2.75) is 11.8 Å². The Kier molecular flexibility index (Phi) is 4.16. The van der Waals surface area contributed by atoms with E-state index < -0.39 is 0 Å². The van der Waals surface area contributed by atoms with E-state index in [1.807, 2.05) is 24.6 Å². The molecule has 2 nitrogen and oxygen atoms in total. The first-order valence-corrected chi connectivity index (χ1v) is 7.70. The van der Waals surface area contributed by atoms with Crippen LogP contribution in [0.5, 0.6) is 0 Å². The van der Waals surface area contributed by atoms with Crippen LogP contribution in [0.3, 0.4) is 0 Å². The summed E-state index contributed by atoms with van der Waals surface area (Å²) >= 11 is 5.96. The number of thiazole rings is 1. The molecule has 0 aromatic carbocycles. The topological polar surface area (TPSA) is 24.9 Å². The zero-order valence-corrected chi connectivity index (χ0v) is 10.6. The van der Waals surface area contributed by atoms with Crippen molar-refractivity contribution in [2.75, 3.05) is 24.3 Å². The predicted octanol–water partition coefficient (Wildman–Crippen LogP) is 2.38. The highest BCUT2D eigenvalue weighted by Crippen LogP contribution is 2.38. The minimum absolute atomic E-state index is 0.643. The summed E-state index contributed by atoms with van der Waals surface area (Å²) in [5, 5.41) is 5.11. The molecule has 1 atom stereocenters. The van der Waals surface area contributed by atoms with E-state index in [-0.39, 0.29) is 0 Å². The average molecular weight is 246 g/mol. The van der Waals surface area contributed by atoms with Crippen molar-refractivity contribution in [3.05, 3.63) is 16.1 Å². The van der Waals surface area contributed by atoms with Crippen LogP contribution in [0.25, 0.3) is 0 Å². The van der Waals surface area contributed by atoms with Crippen LogP contribution < -0.4 is 5.32 Å². The Morgan fingerprint density at radius 2 is 2.50 bits per heavy atom.